The summed E-state index contributed by atoms with van der Waals surface area (Å²) in [5.74, 6) is -0.285. The van der Waals surface area contributed by atoms with Crippen molar-refractivity contribution in [2.24, 2.45) is 4.99 Å². The molecular weight excluding hydrogens is 268 g/mol. The van der Waals surface area contributed by atoms with Crippen LogP contribution < -0.4 is 5.11 Å². The highest BCUT2D eigenvalue weighted by Crippen LogP contribution is 2.20. The maximum atomic E-state index is 11.6. The topological polar surface area (TPSA) is 78.6 Å². The van der Waals surface area contributed by atoms with E-state index >= 15 is 0 Å². The van der Waals surface area contributed by atoms with Gasteiger partial charge in [-0.25, -0.2) is 0 Å². The zero-order valence-corrected chi connectivity index (χ0v) is 11.7. The van der Waals surface area contributed by atoms with Gasteiger partial charge in [0.15, 0.2) is 0 Å². The molecule has 0 N–H and O–H groups in total. The van der Waals surface area contributed by atoms with Crippen molar-refractivity contribution in [3.8, 4) is 5.75 Å². The van der Waals surface area contributed by atoms with Crippen LogP contribution in [0.25, 0.3) is 0 Å². The van der Waals surface area contributed by atoms with Gasteiger partial charge in [-0.05, 0) is 29.7 Å². The molecule has 0 aliphatic heterocycles. The van der Waals surface area contributed by atoms with E-state index < -0.39 is 4.92 Å². The van der Waals surface area contributed by atoms with Crippen LogP contribution in [-0.2, 0) is 6.42 Å². The Labute approximate surface area is 122 Å². The molecule has 0 saturated heterocycles. The third kappa shape index (κ3) is 3.89. The molecule has 0 unspecified atom stereocenters. The first kappa shape index (κ1) is 14.7. The molecule has 2 rings (SSSR count). The van der Waals surface area contributed by atoms with E-state index in [0.717, 1.165) is 12.8 Å². The van der Waals surface area contributed by atoms with E-state index in [0.29, 0.717) is 5.69 Å². The molecule has 5 heteroatoms. The molecule has 0 atom stereocenters. The van der Waals surface area contributed by atoms with Gasteiger partial charge >= 0.3 is 0 Å². The van der Waals surface area contributed by atoms with Gasteiger partial charge in [0.2, 0.25) is 0 Å². The van der Waals surface area contributed by atoms with Crippen LogP contribution in [0, 0.1) is 10.1 Å². The van der Waals surface area contributed by atoms with E-state index in [1.807, 2.05) is 24.3 Å². The molecule has 0 amide bonds. The Balaban J connectivity index is 2.20. The smallest absolute Gasteiger partial charge is 0.270 e. The van der Waals surface area contributed by atoms with E-state index in [2.05, 4.69) is 11.9 Å². The molecule has 0 aromatic heterocycles. The summed E-state index contributed by atoms with van der Waals surface area (Å²) in [6.45, 7) is 2.12. The molecule has 0 aliphatic rings. The van der Waals surface area contributed by atoms with Crippen molar-refractivity contribution in [2.45, 2.75) is 19.8 Å². The minimum absolute atomic E-state index is 0.116. The lowest BCUT2D eigenvalue weighted by atomic mass is 10.1. The highest BCUT2D eigenvalue weighted by molar-refractivity contribution is 5.86. The molecule has 0 spiro atoms. The van der Waals surface area contributed by atoms with Crippen molar-refractivity contribution >= 4 is 17.6 Å². The number of nitro benzene ring substituents is 1. The minimum atomic E-state index is -0.531. The van der Waals surface area contributed by atoms with Gasteiger partial charge in [-0.2, -0.15) is 0 Å². The van der Waals surface area contributed by atoms with E-state index in [1.54, 1.807) is 0 Å². The summed E-state index contributed by atoms with van der Waals surface area (Å²) in [5.41, 5.74) is 2.04. The second kappa shape index (κ2) is 6.65. The van der Waals surface area contributed by atoms with Crippen molar-refractivity contribution in [3.05, 3.63) is 63.7 Å². The fraction of sp³-hybridized carbons (Fsp3) is 0.188. The lowest BCUT2D eigenvalue weighted by molar-refractivity contribution is -0.385. The van der Waals surface area contributed by atoms with Crippen LogP contribution in [0.4, 0.5) is 11.4 Å². The van der Waals surface area contributed by atoms with Gasteiger partial charge in [0, 0.05) is 18.3 Å². The van der Waals surface area contributed by atoms with Crippen LogP contribution in [0.15, 0.2) is 47.5 Å². The van der Waals surface area contributed by atoms with Crippen molar-refractivity contribution < 1.29 is 10.0 Å². The second-order valence-electron chi connectivity index (χ2n) is 4.65. The van der Waals surface area contributed by atoms with Crippen LogP contribution in [-0.4, -0.2) is 11.1 Å². The summed E-state index contributed by atoms with van der Waals surface area (Å²) < 4.78 is 0. The fourth-order valence-electron chi connectivity index (χ4n) is 1.93. The Hall–Kier alpha value is -2.69. The van der Waals surface area contributed by atoms with Gasteiger partial charge in [-0.1, -0.05) is 37.3 Å². The molecule has 0 fully saturated rings. The highest BCUT2D eigenvalue weighted by atomic mass is 16.6. The average molecular weight is 283 g/mol. The van der Waals surface area contributed by atoms with Crippen molar-refractivity contribution in [1.29, 1.82) is 0 Å². The number of benzene rings is 2. The van der Waals surface area contributed by atoms with Gasteiger partial charge in [-0.3, -0.25) is 15.1 Å². The number of nitro groups is 1. The standard InChI is InChI=1S/C16H16N2O3/c1-2-3-12-4-6-14(7-5-12)17-11-13-10-15(18(20)21)8-9-16(13)19/h4-11,19H,2-3H2,1H3/p-1. The van der Waals surface area contributed by atoms with Crippen LogP contribution in [0.1, 0.15) is 24.5 Å². The van der Waals surface area contributed by atoms with Crippen molar-refractivity contribution in [1.82, 2.24) is 0 Å². The first-order valence-corrected chi connectivity index (χ1v) is 6.68. The van der Waals surface area contributed by atoms with Crippen molar-refractivity contribution in [3.63, 3.8) is 0 Å². The Morgan fingerprint density at radius 2 is 1.90 bits per heavy atom. The summed E-state index contributed by atoms with van der Waals surface area (Å²) in [6, 6.07) is 11.3. The predicted octanol–water partition coefficient (Wildman–Crippen LogP) is 3.37. The zero-order chi connectivity index (χ0) is 15.2. The lowest BCUT2D eigenvalue weighted by Gasteiger charge is -2.08. The molecule has 5 nitrogen and oxygen atoms in total. The summed E-state index contributed by atoms with van der Waals surface area (Å²) >= 11 is 0. The van der Waals surface area contributed by atoms with E-state index in [-0.39, 0.29) is 17.0 Å². The normalized spacial score (nSPS) is 10.9. The zero-order valence-electron chi connectivity index (χ0n) is 11.7. The Morgan fingerprint density at radius 1 is 1.19 bits per heavy atom. The predicted molar refractivity (Wildman–Crippen MR) is 80.2 cm³/mol. The maximum absolute atomic E-state index is 11.6. The Morgan fingerprint density at radius 3 is 2.52 bits per heavy atom. The van der Waals surface area contributed by atoms with Gasteiger partial charge in [0.05, 0.1) is 10.6 Å². The number of hydrogen-bond acceptors (Lipinski definition) is 4. The summed E-state index contributed by atoms with van der Waals surface area (Å²) in [5, 5.41) is 22.3. The molecule has 0 heterocycles. The van der Waals surface area contributed by atoms with E-state index in [4.69, 9.17) is 0 Å². The first-order valence-electron chi connectivity index (χ1n) is 6.68. The largest absolute Gasteiger partial charge is 0.872 e. The summed E-state index contributed by atoms with van der Waals surface area (Å²) in [7, 11) is 0. The second-order valence-corrected chi connectivity index (χ2v) is 4.65. The van der Waals surface area contributed by atoms with Crippen molar-refractivity contribution in [2.75, 3.05) is 0 Å². The van der Waals surface area contributed by atoms with Crippen LogP contribution in [0.5, 0.6) is 5.75 Å². The molecule has 0 aliphatic carbocycles. The monoisotopic (exact) mass is 283 g/mol. The fourth-order valence-corrected chi connectivity index (χ4v) is 1.93. The van der Waals surface area contributed by atoms with Crippen LogP contribution in [0.2, 0.25) is 0 Å². The first-order chi connectivity index (χ1) is 10.1. The molecule has 2 aromatic carbocycles. The van der Waals surface area contributed by atoms with E-state index in [1.165, 1.54) is 30.0 Å². The highest BCUT2D eigenvalue weighted by Gasteiger charge is 2.05. The molecule has 21 heavy (non-hydrogen) atoms. The van der Waals surface area contributed by atoms with Gasteiger partial charge < -0.3 is 5.11 Å². The molecule has 2 aromatic rings. The maximum Gasteiger partial charge on any atom is 0.270 e. The van der Waals surface area contributed by atoms with Crippen LogP contribution in [0.3, 0.4) is 0 Å². The molecule has 108 valence electrons. The lowest BCUT2D eigenvalue weighted by Crippen LogP contribution is -1.98. The number of non-ortho nitro benzene ring substituents is 1. The minimum Gasteiger partial charge on any atom is -0.872 e. The van der Waals surface area contributed by atoms with Gasteiger partial charge in [0.25, 0.3) is 5.69 Å². The number of aliphatic imine (C=N–C) groups is 1. The molecule has 0 saturated carbocycles. The summed E-state index contributed by atoms with van der Waals surface area (Å²) in [6.07, 6.45) is 3.46. The number of nitrogens with zero attached hydrogens (tertiary/aromatic N) is 2. The third-order valence-corrected chi connectivity index (χ3v) is 3.03. The number of hydrogen-bond donors (Lipinski definition) is 0. The average Bonchev–Trinajstić information content (AvgIpc) is 2.48. The SMILES string of the molecule is CCCc1ccc(N=Cc2cc([N+](=O)[O-])ccc2[O-])cc1. The summed E-state index contributed by atoms with van der Waals surface area (Å²) in [4.78, 5) is 14.4. The Kier molecular flexibility index (Phi) is 4.66. The molecular formula is C16H15N2O3-. The molecule has 0 radical (unpaired) electrons. The molecule has 0 bridgehead atoms. The van der Waals surface area contributed by atoms with Gasteiger partial charge in [-0.15, -0.1) is 0 Å². The quantitative estimate of drug-likeness (QED) is 0.479. The van der Waals surface area contributed by atoms with Gasteiger partial charge in [0.1, 0.15) is 0 Å². The van der Waals surface area contributed by atoms with E-state index in [9.17, 15) is 15.2 Å². The third-order valence-electron chi connectivity index (χ3n) is 3.03. The Bertz CT molecular complexity index is 664. The number of aryl methyl sites for hydroxylation is 1. The van der Waals surface area contributed by atoms with Crippen LogP contribution >= 0.6 is 0 Å². The number of rotatable bonds is 5.